The molecule has 0 aromatic carbocycles. The van der Waals surface area contributed by atoms with Gasteiger partial charge in [-0.05, 0) is 31.7 Å². The van der Waals surface area contributed by atoms with Crippen molar-refractivity contribution in [2.24, 2.45) is 17.8 Å². The molecule has 1 aliphatic carbocycles. The average Bonchev–Trinajstić information content (AvgIpc) is 2.08. The number of aliphatic hydroxyl groups is 1. The van der Waals surface area contributed by atoms with Crippen LogP contribution in [0.5, 0.6) is 0 Å². The van der Waals surface area contributed by atoms with Crippen LogP contribution in [0.25, 0.3) is 0 Å². The van der Waals surface area contributed by atoms with Crippen LogP contribution in [0.3, 0.4) is 0 Å². The molecule has 0 aliphatic heterocycles. The topological polar surface area (TPSA) is 23.5 Å². The molecule has 102 valence electrons. The standard InChI is InChI=1S/C12H22F3NO/c1-8-4-9(2)10(11(17)5-8)6-16(3)7-12(13,14)15/h8-11,17H,4-7H2,1-3H3. The summed E-state index contributed by atoms with van der Waals surface area (Å²) in [5.74, 6) is 0.701. The Morgan fingerprint density at radius 1 is 1.24 bits per heavy atom. The van der Waals surface area contributed by atoms with Crippen LogP contribution in [-0.2, 0) is 0 Å². The van der Waals surface area contributed by atoms with Crippen molar-refractivity contribution in [3.8, 4) is 0 Å². The van der Waals surface area contributed by atoms with Crippen molar-refractivity contribution in [1.29, 1.82) is 0 Å². The first kappa shape index (κ1) is 14.8. The molecule has 1 aliphatic rings. The van der Waals surface area contributed by atoms with Gasteiger partial charge in [0, 0.05) is 12.5 Å². The van der Waals surface area contributed by atoms with Crippen LogP contribution in [0.2, 0.25) is 0 Å². The van der Waals surface area contributed by atoms with Gasteiger partial charge in [0.25, 0.3) is 0 Å². The minimum absolute atomic E-state index is 0.0430. The zero-order valence-electron chi connectivity index (χ0n) is 10.7. The Hall–Kier alpha value is -0.290. The van der Waals surface area contributed by atoms with Crippen molar-refractivity contribution >= 4 is 0 Å². The molecule has 1 saturated carbocycles. The Labute approximate surface area is 101 Å². The lowest BCUT2D eigenvalue weighted by atomic mass is 9.73. The third-order valence-electron chi connectivity index (χ3n) is 3.61. The van der Waals surface area contributed by atoms with Gasteiger partial charge in [-0.25, -0.2) is 0 Å². The first-order valence-corrected chi connectivity index (χ1v) is 6.12. The monoisotopic (exact) mass is 253 g/mol. The fourth-order valence-corrected chi connectivity index (χ4v) is 2.90. The predicted molar refractivity (Wildman–Crippen MR) is 60.6 cm³/mol. The number of hydrogen-bond donors (Lipinski definition) is 1. The van der Waals surface area contributed by atoms with Crippen LogP contribution >= 0.6 is 0 Å². The summed E-state index contributed by atoms with van der Waals surface area (Å²) < 4.78 is 36.6. The first-order chi connectivity index (χ1) is 7.69. The van der Waals surface area contributed by atoms with E-state index in [0.717, 1.165) is 6.42 Å². The van der Waals surface area contributed by atoms with Crippen molar-refractivity contribution in [1.82, 2.24) is 4.90 Å². The fourth-order valence-electron chi connectivity index (χ4n) is 2.90. The zero-order valence-corrected chi connectivity index (χ0v) is 10.7. The molecule has 0 bridgehead atoms. The van der Waals surface area contributed by atoms with E-state index in [1.807, 2.05) is 6.92 Å². The molecule has 0 spiro atoms. The first-order valence-electron chi connectivity index (χ1n) is 6.12. The highest BCUT2D eigenvalue weighted by atomic mass is 19.4. The summed E-state index contributed by atoms with van der Waals surface area (Å²) in [6.45, 7) is 3.51. The molecule has 4 atom stereocenters. The summed E-state index contributed by atoms with van der Waals surface area (Å²) >= 11 is 0. The summed E-state index contributed by atoms with van der Waals surface area (Å²) in [7, 11) is 1.46. The summed E-state index contributed by atoms with van der Waals surface area (Å²) in [4.78, 5) is 1.26. The van der Waals surface area contributed by atoms with Gasteiger partial charge in [0.05, 0.1) is 12.6 Å². The molecule has 0 aromatic heterocycles. The van der Waals surface area contributed by atoms with E-state index in [0.29, 0.717) is 18.9 Å². The summed E-state index contributed by atoms with van der Waals surface area (Å²) in [5.41, 5.74) is 0. The van der Waals surface area contributed by atoms with E-state index in [9.17, 15) is 18.3 Å². The Morgan fingerprint density at radius 3 is 2.29 bits per heavy atom. The summed E-state index contributed by atoms with van der Waals surface area (Å²) in [5, 5.41) is 9.95. The molecule has 17 heavy (non-hydrogen) atoms. The van der Waals surface area contributed by atoms with Crippen molar-refractivity contribution in [2.45, 2.75) is 39.0 Å². The number of aliphatic hydroxyl groups excluding tert-OH is 1. The van der Waals surface area contributed by atoms with E-state index in [1.165, 1.54) is 11.9 Å². The molecule has 1 N–H and O–H groups in total. The van der Waals surface area contributed by atoms with Crippen LogP contribution in [-0.4, -0.2) is 42.4 Å². The highest BCUT2D eigenvalue weighted by Gasteiger charge is 2.36. The van der Waals surface area contributed by atoms with E-state index in [2.05, 4.69) is 6.92 Å². The van der Waals surface area contributed by atoms with Crippen LogP contribution in [0.1, 0.15) is 26.7 Å². The fraction of sp³-hybridized carbons (Fsp3) is 1.00. The van der Waals surface area contributed by atoms with E-state index in [-0.39, 0.29) is 11.8 Å². The van der Waals surface area contributed by atoms with Gasteiger partial charge >= 0.3 is 6.18 Å². The molecule has 0 amide bonds. The maximum atomic E-state index is 12.2. The van der Waals surface area contributed by atoms with E-state index < -0.39 is 18.8 Å². The Balaban J connectivity index is 2.49. The molecule has 2 nitrogen and oxygen atoms in total. The minimum atomic E-state index is -4.16. The van der Waals surface area contributed by atoms with Crippen molar-refractivity contribution < 1.29 is 18.3 Å². The van der Waals surface area contributed by atoms with Crippen LogP contribution in [0, 0.1) is 17.8 Å². The molecule has 5 heteroatoms. The Morgan fingerprint density at radius 2 is 1.82 bits per heavy atom. The molecule has 1 rings (SSSR count). The van der Waals surface area contributed by atoms with Gasteiger partial charge in [0.2, 0.25) is 0 Å². The molecule has 0 saturated heterocycles. The summed E-state index contributed by atoms with van der Waals surface area (Å²) in [6, 6.07) is 0. The molecular weight excluding hydrogens is 231 g/mol. The van der Waals surface area contributed by atoms with E-state index in [1.54, 1.807) is 0 Å². The van der Waals surface area contributed by atoms with Gasteiger partial charge in [-0.1, -0.05) is 13.8 Å². The normalized spacial score (nSPS) is 35.3. The van der Waals surface area contributed by atoms with Gasteiger partial charge < -0.3 is 5.11 Å². The van der Waals surface area contributed by atoms with E-state index >= 15 is 0 Å². The minimum Gasteiger partial charge on any atom is -0.393 e. The maximum Gasteiger partial charge on any atom is 0.401 e. The lowest BCUT2D eigenvalue weighted by Gasteiger charge is -2.39. The SMILES string of the molecule is CC1CC(C)C(CN(C)CC(F)(F)F)C(O)C1. The van der Waals surface area contributed by atoms with Crippen LogP contribution in [0.4, 0.5) is 13.2 Å². The Kier molecular flexibility index (Phi) is 4.84. The Bertz CT molecular complexity index is 232. The lowest BCUT2D eigenvalue weighted by Crippen LogP contribution is -2.43. The second kappa shape index (κ2) is 5.57. The lowest BCUT2D eigenvalue weighted by molar-refractivity contribution is -0.147. The third kappa shape index (κ3) is 4.84. The molecule has 4 unspecified atom stereocenters. The predicted octanol–water partition coefficient (Wildman–Crippen LogP) is 2.52. The van der Waals surface area contributed by atoms with Gasteiger partial charge in [0.1, 0.15) is 0 Å². The molecular formula is C12H22F3NO. The number of halogens is 3. The number of rotatable bonds is 3. The smallest absolute Gasteiger partial charge is 0.393 e. The largest absolute Gasteiger partial charge is 0.401 e. The second-order valence-corrected chi connectivity index (χ2v) is 5.60. The average molecular weight is 253 g/mol. The molecule has 1 fully saturated rings. The van der Waals surface area contributed by atoms with Gasteiger partial charge in [-0.2, -0.15) is 13.2 Å². The second-order valence-electron chi connectivity index (χ2n) is 5.60. The van der Waals surface area contributed by atoms with Crippen LogP contribution < -0.4 is 0 Å². The van der Waals surface area contributed by atoms with Crippen LogP contribution in [0.15, 0.2) is 0 Å². The third-order valence-corrected chi connectivity index (χ3v) is 3.61. The quantitative estimate of drug-likeness (QED) is 0.835. The molecule has 0 radical (unpaired) electrons. The molecule has 0 heterocycles. The molecule has 0 aromatic rings. The highest BCUT2D eigenvalue weighted by Crippen LogP contribution is 2.34. The highest BCUT2D eigenvalue weighted by molar-refractivity contribution is 4.84. The van der Waals surface area contributed by atoms with Gasteiger partial charge in [0.15, 0.2) is 0 Å². The van der Waals surface area contributed by atoms with Gasteiger partial charge in [-0.15, -0.1) is 0 Å². The number of nitrogens with zero attached hydrogens (tertiary/aromatic N) is 1. The van der Waals surface area contributed by atoms with Crippen molar-refractivity contribution in [2.75, 3.05) is 20.1 Å². The number of alkyl halides is 3. The maximum absolute atomic E-state index is 12.2. The summed E-state index contributed by atoms with van der Waals surface area (Å²) in [6.07, 6.45) is -2.94. The van der Waals surface area contributed by atoms with Crippen molar-refractivity contribution in [3.05, 3.63) is 0 Å². The zero-order chi connectivity index (χ0) is 13.2. The van der Waals surface area contributed by atoms with Gasteiger partial charge in [-0.3, -0.25) is 4.90 Å². The van der Waals surface area contributed by atoms with Crippen molar-refractivity contribution in [3.63, 3.8) is 0 Å². The number of hydrogen-bond acceptors (Lipinski definition) is 2. The van der Waals surface area contributed by atoms with E-state index in [4.69, 9.17) is 0 Å².